The van der Waals surface area contributed by atoms with E-state index < -0.39 is 34.9 Å². The predicted octanol–water partition coefficient (Wildman–Crippen LogP) is 4.58. The number of anilines is 1. The number of nitrogens with zero attached hydrogens (tertiary/aromatic N) is 1. The van der Waals surface area contributed by atoms with Gasteiger partial charge in [0.05, 0.1) is 10.5 Å². The Morgan fingerprint density at radius 1 is 1.17 bits per heavy atom. The molecule has 2 heterocycles. The molecular weight excluding hydrogens is 419 g/mol. The van der Waals surface area contributed by atoms with Crippen LogP contribution in [0.4, 0.5) is 15.8 Å². The molecule has 0 bridgehead atoms. The largest absolute Gasteiger partial charge is 0.452 e. The number of carbonyl (C=O) groups excluding carboxylic acids is 2. The third kappa shape index (κ3) is 5.33. The Labute approximate surface area is 172 Å². The van der Waals surface area contributed by atoms with E-state index in [2.05, 4.69) is 5.32 Å². The van der Waals surface area contributed by atoms with Crippen molar-refractivity contribution in [3.8, 4) is 0 Å². The minimum Gasteiger partial charge on any atom is -0.452 e. The van der Waals surface area contributed by atoms with E-state index >= 15 is 0 Å². The fourth-order valence-electron chi connectivity index (χ4n) is 2.31. The molecule has 0 aliphatic carbocycles. The van der Waals surface area contributed by atoms with Crippen LogP contribution >= 0.6 is 22.7 Å². The van der Waals surface area contributed by atoms with Crippen LogP contribution in [0.25, 0.3) is 11.6 Å². The maximum absolute atomic E-state index is 13.4. The Morgan fingerprint density at radius 2 is 1.93 bits per heavy atom. The van der Waals surface area contributed by atoms with Crippen LogP contribution in [0.5, 0.6) is 0 Å². The molecule has 1 amide bonds. The number of rotatable bonds is 7. The summed E-state index contributed by atoms with van der Waals surface area (Å²) in [5.74, 6) is -2.40. The molecule has 2 aromatic heterocycles. The third-order valence-electron chi connectivity index (χ3n) is 3.60. The van der Waals surface area contributed by atoms with Gasteiger partial charge in [0.1, 0.15) is 0 Å². The summed E-state index contributed by atoms with van der Waals surface area (Å²) in [5, 5.41) is 16.8. The van der Waals surface area contributed by atoms with Crippen molar-refractivity contribution in [1.82, 2.24) is 0 Å². The maximum atomic E-state index is 13.4. The van der Waals surface area contributed by atoms with Crippen LogP contribution in [0, 0.1) is 15.9 Å². The summed E-state index contributed by atoms with van der Waals surface area (Å²) in [4.78, 5) is 36.0. The zero-order valence-electron chi connectivity index (χ0n) is 14.7. The molecule has 1 aromatic carbocycles. The monoisotopic (exact) mass is 432 g/mol. The number of amides is 1. The number of nitro groups is 1. The second-order valence-electron chi connectivity index (χ2n) is 5.60. The van der Waals surface area contributed by atoms with Gasteiger partial charge in [-0.1, -0.05) is 12.1 Å². The Hall–Kier alpha value is -3.37. The minimum atomic E-state index is -1.02. The van der Waals surface area contributed by atoms with Gasteiger partial charge in [-0.05, 0) is 41.1 Å². The van der Waals surface area contributed by atoms with Crippen LogP contribution < -0.4 is 5.32 Å². The molecule has 3 rings (SSSR count). The first-order chi connectivity index (χ1) is 13.9. The normalized spacial score (nSPS) is 11.1. The van der Waals surface area contributed by atoms with Crippen LogP contribution in [-0.2, 0) is 14.3 Å². The smallest absolute Gasteiger partial charge is 0.340 e. The third-order valence-corrected chi connectivity index (χ3v) is 5.32. The first kappa shape index (κ1) is 20.4. The molecule has 0 saturated heterocycles. The van der Waals surface area contributed by atoms with Gasteiger partial charge in [0, 0.05) is 21.5 Å². The number of thiophene rings is 2. The lowest BCUT2D eigenvalue weighted by Gasteiger charge is -2.08. The van der Waals surface area contributed by atoms with Crippen LogP contribution in [0.1, 0.15) is 9.75 Å². The lowest BCUT2D eigenvalue weighted by atomic mass is 10.2. The lowest BCUT2D eigenvalue weighted by Crippen LogP contribution is -2.21. The summed E-state index contributed by atoms with van der Waals surface area (Å²) >= 11 is 2.81. The fourth-order valence-corrected chi connectivity index (χ4v) is 3.70. The number of hydrogen-bond acceptors (Lipinski definition) is 7. The summed E-state index contributed by atoms with van der Waals surface area (Å²) in [7, 11) is 0. The van der Waals surface area contributed by atoms with Crippen molar-refractivity contribution in [3.05, 3.63) is 78.9 Å². The van der Waals surface area contributed by atoms with E-state index in [0.29, 0.717) is 10.5 Å². The van der Waals surface area contributed by atoms with E-state index in [-0.39, 0.29) is 5.69 Å². The highest BCUT2D eigenvalue weighted by atomic mass is 32.1. The van der Waals surface area contributed by atoms with Crippen molar-refractivity contribution in [1.29, 1.82) is 0 Å². The number of carbonyl (C=O) groups is 2. The Bertz CT molecular complexity index is 1060. The highest BCUT2D eigenvalue weighted by molar-refractivity contribution is 7.12. The molecule has 0 aliphatic rings. The predicted molar refractivity (Wildman–Crippen MR) is 109 cm³/mol. The van der Waals surface area contributed by atoms with Crippen LogP contribution in [0.2, 0.25) is 0 Å². The van der Waals surface area contributed by atoms with E-state index in [4.69, 9.17) is 4.74 Å². The second kappa shape index (κ2) is 9.22. The number of ether oxygens (including phenoxy) is 1. The maximum Gasteiger partial charge on any atom is 0.340 e. The molecule has 29 heavy (non-hydrogen) atoms. The van der Waals surface area contributed by atoms with Crippen LogP contribution in [-0.4, -0.2) is 23.4 Å². The number of nitrogens with one attached hydrogen (secondary N) is 1. The lowest BCUT2D eigenvalue weighted by molar-refractivity contribution is -0.387. The van der Waals surface area contributed by atoms with Crippen molar-refractivity contribution in [2.24, 2.45) is 0 Å². The van der Waals surface area contributed by atoms with Gasteiger partial charge in [-0.2, -0.15) is 4.39 Å². The Kier molecular flexibility index (Phi) is 6.47. The average molecular weight is 432 g/mol. The fraction of sp³-hybridized carbons (Fsp3) is 0.0526. The second-order valence-corrected chi connectivity index (χ2v) is 7.53. The highest BCUT2D eigenvalue weighted by Gasteiger charge is 2.18. The van der Waals surface area contributed by atoms with Gasteiger partial charge in [-0.15, -0.1) is 22.7 Å². The van der Waals surface area contributed by atoms with E-state index in [1.54, 1.807) is 18.2 Å². The van der Waals surface area contributed by atoms with Gasteiger partial charge in [-0.3, -0.25) is 14.9 Å². The number of nitro benzene ring substituents is 1. The minimum absolute atomic E-state index is 0.0201. The summed E-state index contributed by atoms with van der Waals surface area (Å²) < 4.78 is 18.5. The van der Waals surface area contributed by atoms with E-state index in [1.165, 1.54) is 28.7 Å². The number of esters is 1. The molecular formula is C19H13FN2O5S2. The molecule has 1 N–H and O–H groups in total. The molecule has 0 spiro atoms. The summed E-state index contributed by atoms with van der Waals surface area (Å²) in [6.45, 7) is -0.600. The molecule has 0 radical (unpaired) electrons. The van der Waals surface area contributed by atoms with Gasteiger partial charge in [0.15, 0.2) is 6.61 Å². The average Bonchev–Trinajstić information content (AvgIpc) is 3.39. The summed E-state index contributed by atoms with van der Waals surface area (Å²) in [6, 6.07) is 10.2. The van der Waals surface area contributed by atoms with E-state index in [0.717, 1.165) is 17.0 Å². The molecule has 0 saturated carbocycles. The van der Waals surface area contributed by atoms with Crippen LogP contribution in [0.15, 0.2) is 53.2 Å². The first-order valence-corrected chi connectivity index (χ1v) is 9.90. The molecule has 0 fully saturated rings. The zero-order chi connectivity index (χ0) is 20.8. The van der Waals surface area contributed by atoms with E-state index in [9.17, 15) is 24.1 Å². The topological polar surface area (TPSA) is 98.5 Å². The number of halogens is 1. The van der Waals surface area contributed by atoms with Gasteiger partial charge in [-0.25, -0.2) is 4.79 Å². The Balaban J connectivity index is 1.66. The Morgan fingerprint density at radius 3 is 2.59 bits per heavy atom. The van der Waals surface area contributed by atoms with Gasteiger partial charge < -0.3 is 10.1 Å². The highest BCUT2D eigenvalue weighted by Crippen LogP contribution is 2.26. The molecule has 3 aromatic rings. The van der Waals surface area contributed by atoms with E-state index in [1.807, 2.05) is 22.9 Å². The molecule has 0 unspecified atom stereocenters. The quantitative estimate of drug-likeness (QED) is 0.255. The number of hydrogen-bond donors (Lipinski definition) is 1. The summed E-state index contributed by atoms with van der Waals surface area (Å²) in [6.07, 6.45) is 1.68. The zero-order valence-corrected chi connectivity index (χ0v) is 16.3. The van der Waals surface area contributed by atoms with Gasteiger partial charge in [0.2, 0.25) is 5.82 Å². The molecule has 10 heteroatoms. The SMILES string of the molecule is O=C(COC(=O)C(=Cc1cccs1)c1cccs1)Nc1ccc(F)c([N+](=O)[O-])c1. The molecule has 0 aliphatic heterocycles. The van der Waals surface area contributed by atoms with Gasteiger partial charge in [0.25, 0.3) is 5.91 Å². The van der Waals surface area contributed by atoms with Gasteiger partial charge >= 0.3 is 11.7 Å². The molecule has 148 valence electrons. The first-order valence-electron chi connectivity index (χ1n) is 8.14. The van der Waals surface area contributed by atoms with Crippen molar-refractivity contribution in [2.45, 2.75) is 0 Å². The number of benzene rings is 1. The van der Waals surface area contributed by atoms with Crippen LogP contribution in [0.3, 0.4) is 0 Å². The molecule has 0 atom stereocenters. The molecule has 7 nitrogen and oxygen atoms in total. The van der Waals surface area contributed by atoms with Crippen molar-refractivity contribution in [2.75, 3.05) is 11.9 Å². The van der Waals surface area contributed by atoms with Crippen molar-refractivity contribution in [3.63, 3.8) is 0 Å². The summed E-state index contributed by atoms with van der Waals surface area (Å²) in [5.41, 5.74) is -0.432. The standard InChI is InChI=1S/C19H13FN2O5S2/c20-15-6-5-12(9-16(15)22(25)26)21-18(23)11-27-19(24)14(17-4-2-8-29-17)10-13-3-1-7-28-13/h1-10H,11H2,(H,21,23). The van der Waals surface area contributed by atoms with Crippen molar-refractivity contribution < 1.29 is 23.6 Å². The van der Waals surface area contributed by atoms with Crippen molar-refractivity contribution >= 4 is 57.6 Å².